The predicted octanol–water partition coefficient (Wildman–Crippen LogP) is 2.67. The van der Waals surface area contributed by atoms with E-state index >= 15 is 0 Å². The molecule has 1 fully saturated rings. The highest BCUT2D eigenvalue weighted by Gasteiger charge is 2.25. The summed E-state index contributed by atoms with van der Waals surface area (Å²) in [5, 5.41) is 0.299. The maximum absolute atomic E-state index is 13.3. The molecule has 14 heavy (non-hydrogen) atoms. The SMILES string of the molecule is N[C@H](CC1CC1)c1cc(Cl)ncc1F. The highest BCUT2D eigenvalue weighted by atomic mass is 35.5. The Balaban J connectivity index is 2.15. The van der Waals surface area contributed by atoms with Crippen molar-refractivity contribution in [2.24, 2.45) is 11.7 Å². The number of rotatable bonds is 3. The fraction of sp³-hybridized carbons (Fsp3) is 0.500. The molecule has 0 amide bonds. The highest BCUT2D eigenvalue weighted by Crippen LogP contribution is 2.37. The largest absolute Gasteiger partial charge is 0.324 e. The van der Waals surface area contributed by atoms with Crippen molar-refractivity contribution in [2.45, 2.75) is 25.3 Å². The minimum Gasteiger partial charge on any atom is -0.324 e. The van der Waals surface area contributed by atoms with Gasteiger partial charge in [-0.2, -0.15) is 0 Å². The lowest BCUT2D eigenvalue weighted by molar-refractivity contribution is 0.539. The van der Waals surface area contributed by atoms with E-state index in [0.29, 0.717) is 16.6 Å². The molecule has 1 heterocycles. The van der Waals surface area contributed by atoms with Crippen molar-refractivity contribution in [1.29, 1.82) is 0 Å². The molecule has 0 spiro atoms. The van der Waals surface area contributed by atoms with Gasteiger partial charge < -0.3 is 5.73 Å². The lowest BCUT2D eigenvalue weighted by Gasteiger charge is -2.11. The standard InChI is InChI=1S/C10H12ClFN2/c11-10-4-7(8(12)5-14-10)9(13)3-6-1-2-6/h4-6,9H,1-3,13H2/t9-/m1/s1. The first-order chi connectivity index (χ1) is 6.66. The zero-order valence-corrected chi connectivity index (χ0v) is 8.47. The lowest BCUT2D eigenvalue weighted by Crippen LogP contribution is -2.13. The summed E-state index contributed by atoms with van der Waals surface area (Å²) in [7, 11) is 0. The van der Waals surface area contributed by atoms with Crippen LogP contribution in [0.15, 0.2) is 12.3 Å². The van der Waals surface area contributed by atoms with Gasteiger partial charge in [0.1, 0.15) is 11.0 Å². The summed E-state index contributed by atoms with van der Waals surface area (Å²) >= 11 is 5.68. The van der Waals surface area contributed by atoms with Crippen molar-refractivity contribution in [3.63, 3.8) is 0 Å². The lowest BCUT2D eigenvalue weighted by atomic mass is 10.0. The molecule has 0 unspecified atom stereocenters. The first kappa shape index (κ1) is 9.87. The van der Waals surface area contributed by atoms with E-state index < -0.39 is 0 Å². The Labute approximate surface area is 87.3 Å². The van der Waals surface area contributed by atoms with Crippen molar-refractivity contribution in [2.75, 3.05) is 0 Å². The van der Waals surface area contributed by atoms with Crippen LogP contribution in [0.4, 0.5) is 4.39 Å². The quantitative estimate of drug-likeness (QED) is 0.786. The molecule has 1 aromatic rings. The minimum atomic E-state index is -0.359. The van der Waals surface area contributed by atoms with Crippen LogP contribution in [0, 0.1) is 11.7 Å². The van der Waals surface area contributed by atoms with Crippen LogP contribution in [-0.4, -0.2) is 4.98 Å². The van der Waals surface area contributed by atoms with Crippen LogP contribution in [0.3, 0.4) is 0 Å². The summed E-state index contributed by atoms with van der Waals surface area (Å²) in [5.41, 5.74) is 6.36. The second-order valence-corrected chi connectivity index (χ2v) is 4.20. The van der Waals surface area contributed by atoms with E-state index in [2.05, 4.69) is 4.98 Å². The Morgan fingerprint density at radius 1 is 1.64 bits per heavy atom. The maximum Gasteiger partial charge on any atom is 0.146 e. The minimum absolute atomic E-state index is 0.247. The van der Waals surface area contributed by atoms with Gasteiger partial charge in [0.05, 0.1) is 6.20 Å². The van der Waals surface area contributed by atoms with E-state index in [9.17, 15) is 4.39 Å². The molecule has 2 rings (SSSR count). The van der Waals surface area contributed by atoms with Gasteiger partial charge in [-0.05, 0) is 18.4 Å². The first-order valence-electron chi connectivity index (χ1n) is 4.73. The Morgan fingerprint density at radius 2 is 2.36 bits per heavy atom. The molecule has 4 heteroatoms. The van der Waals surface area contributed by atoms with E-state index in [1.807, 2.05) is 0 Å². The Bertz CT molecular complexity index is 339. The molecule has 0 bridgehead atoms. The van der Waals surface area contributed by atoms with Gasteiger partial charge >= 0.3 is 0 Å². The highest BCUT2D eigenvalue weighted by molar-refractivity contribution is 6.29. The fourth-order valence-corrected chi connectivity index (χ4v) is 1.72. The van der Waals surface area contributed by atoms with Crippen LogP contribution < -0.4 is 5.73 Å². The fourth-order valence-electron chi connectivity index (χ4n) is 1.55. The number of hydrogen-bond donors (Lipinski definition) is 1. The number of halogens is 2. The Morgan fingerprint density at radius 3 is 3.00 bits per heavy atom. The molecule has 1 aromatic heterocycles. The third-order valence-corrected chi connectivity index (χ3v) is 2.74. The van der Waals surface area contributed by atoms with E-state index in [0.717, 1.165) is 12.6 Å². The van der Waals surface area contributed by atoms with Crippen molar-refractivity contribution in [3.05, 3.63) is 28.8 Å². The third kappa shape index (κ3) is 2.22. The average Bonchev–Trinajstić information content (AvgIpc) is 2.93. The Hall–Kier alpha value is -0.670. The van der Waals surface area contributed by atoms with Gasteiger partial charge in [-0.3, -0.25) is 0 Å². The molecule has 0 radical (unpaired) electrons. The number of nitrogens with two attached hydrogens (primary N) is 1. The van der Waals surface area contributed by atoms with Crippen LogP contribution in [-0.2, 0) is 0 Å². The summed E-state index contributed by atoms with van der Waals surface area (Å²) in [4.78, 5) is 3.65. The van der Waals surface area contributed by atoms with Gasteiger partial charge in [-0.1, -0.05) is 24.4 Å². The number of aromatic nitrogens is 1. The summed E-state index contributed by atoms with van der Waals surface area (Å²) in [6, 6.07) is 1.27. The van der Waals surface area contributed by atoms with Crippen LogP contribution in [0.2, 0.25) is 5.15 Å². The van der Waals surface area contributed by atoms with Crippen molar-refractivity contribution in [1.82, 2.24) is 4.98 Å². The van der Waals surface area contributed by atoms with E-state index in [1.165, 1.54) is 18.9 Å². The first-order valence-corrected chi connectivity index (χ1v) is 5.11. The van der Waals surface area contributed by atoms with Gasteiger partial charge in [0.2, 0.25) is 0 Å². The zero-order valence-electron chi connectivity index (χ0n) is 7.71. The van der Waals surface area contributed by atoms with Crippen molar-refractivity contribution >= 4 is 11.6 Å². The number of pyridine rings is 1. The Kier molecular flexibility index (Phi) is 2.70. The monoisotopic (exact) mass is 214 g/mol. The zero-order chi connectivity index (χ0) is 10.1. The smallest absolute Gasteiger partial charge is 0.146 e. The van der Waals surface area contributed by atoms with Gasteiger partial charge in [0.15, 0.2) is 0 Å². The van der Waals surface area contributed by atoms with E-state index in [1.54, 1.807) is 0 Å². The summed E-state index contributed by atoms with van der Waals surface area (Å²) in [6.07, 6.45) is 4.41. The van der Waals surface area contributed by atoms with Crippen molar-refractivity contribution in [3.8, 4) is 0 Å². The normalized spacial score (nSPS) is 18.2. The molecule has 2 nitrogen and oxygen atoms in total. The van der Waals surface area contributed by atoms with E-state index in [4.69, 9.17) is 17.3 Å². The number of nitrogens with zero attached hydrogens (tertiary/aromatic N) is 1. The molecule has 1 aliphatic carbocycles. The molecular formula is C10H12ClFN2. The van der Waals surface area contributed by atoms with Gasteiger partial charge in [-0.25, -0.2) is 9.37 Å². The van der Waals surface area contributed by atoms with Crippen LogP contribution in [0.25, 0.3) is 0 Å². The maximum atomic E-state index is 13.3. The molecule has 0 saturated heterocycles. The summed E-state index contributed by atoms with van der Waals surface area (Å²) in [6.45, 7) is 0. The van der Waals surface area contributed by atoms with Gasteiger partial charge in [-0.15, -0.1) is 0 Å². The molecule has 0 aromatic carbocycles. The third-order valence-electron chi connectivity index (χ3n) is 2.54. The van der Waals surface area contributed by atoms with Crippen molar-refractivity contribution < 1.29 is 4.39 Å². The second-order valence-electron chi connectivity index (χ2n) is 3.81. The summed E-state index contributed by atoms with van der Waals surface area (Å²) in [5.74, 6) is 0.318. The molecule has 2 N–H and O–H groups in total. The van der Waals surface area contributed by atoms with Gasteiger partial charge in [0, 0.05) is 11.6 Å². The van der Waals surface area contributed by atoms with E-state index in [-0.39, 0.29) is 11.9 Å². The van der Waals surface area contributed by atoms with Crippen LogP contribution in [0.5, 0.6) is 0 Å². The predicted molar refractivity (Wildman–Crippen MR) is 53.5 cm³/mol. The van der Waals surface area contributed by atoms with Crippen LogP contribution >= 0.6 is 11.6 Å². The average molecular weight is 215 g/mol. The number of hydrogen-bond acceptors (Lipinski definition) is 2. The molecule has 1 saturated carbocycles. The topological polar surface area (TPSA) is 38.9 Å². The molecular weight excluding hydrogens is 203 g/mol. The molecule has 1 aliphatic rings. The molecule has 76 valence electrons. The molecule has 0 aliphatic heterocycles. The van der Waals surface area contributed by atoms with Crippen LogP contribution in [0.1, 0.15) is 30.9 Å². The second kappa shape index (κ2) is 3.83. The summed E-state index contributed by atoms with van der Waals surface area (Å²) < 4.78 is 13.3. The molecule has 1 atom stereocenters. The van der Waals surface area contributed by atoms with Gasteiger partial charge in [0.25, 0.3) is 0 Å².